The molecule has 3 rings (SSSR count). The number of non-ortho nitro benzene ring substituents is 1. The second-order valence-corrected chi connectivity index (χ2v) is 6.54. The molecular formula is C18H17ClFN3O3. The largest absolute Gasteiger partial charge is 0.367 e. The zero-order valence-electron chi connectivity index (χ0n) is 14.1. The van der Waals surface area contributed by atoms with Gasteiger partial charge in [0.15, 0.2) is 0 Å². The lowest BCUT2D eigenvalue weighted by atomic mass is 10.1. The number of nitrogens with zero attached hydrogens (tertiary/aromatic N) is 3. The van der Waals surface area contributed by atoms with Crippen LogP contribution in [-0.2, 0) is 0 Å². The number of aryl methyl sites for hydroxylation is 1. The van der Waals surface area contributed by atoms with E-state index in [4.69, 9.17) is 11.6 Å². The number of anilines is 1. The number of benzene rings is 2. The topological polar surface area (TPSA) is 66.7 Å². The minimum atomic E-state index is -0.470. The number of hydrogen-bond acceptors (Lipinski definition) is 4. The average Bonchev–Trinajstić information content (AvgIpc) is 2.61. The van der Waals surface area contributed by atoms with Gasteiger partial charge in [-0.15, -0.1) is 0 Å². The number of carbonyl (C=O) groups is 1. The van der Waals surface area contributed by atoms with Crippen molar-refractivity contribution in [2.24, 2.45) is 0 Å². The van der Waals surface area contributed by atoms with E-state index in [0.29, 0.717) is 36.8 Å². The van der Waals surface area contributed by atoms with Gasteiger partial charge in [0.05, 0.1) is 15.6 Å². The molecule has 6 nitrogen and oxygen atoms in total. The van der Waals surface area contributed by atoms with Crippen molar-refractivity contribution in [3.8, 4) is 0 Å². The van der Waals surface area contributed by atoms with Crippen molar-refractivity contribution in [3.05, 3.63) is 68.5 Å². The van der Waals surface area contributed by atoms with Crippen LogP contribution in [0.3, 0.4) is 0 Å². The molecule has 1 aliphatic heterocycles. The number of halogens is 2. The Bertz CT molecular complexity index is 826. The van der Waals surface area contributed by atoms with E-state index >= 15 is 0 Å². The van der Waals surface area contributed by atoms with Gasteiger partial charge in [0, 0.05) is 43.9 Å². The molecular weight excluding hydrogens is 361 g/mol. The minimum Gasteiger partial charge on any atom is -0.367 e. The highest BCUT2D eigenvalue weighted by molar-refractivity contribution is 6.33. The summed E-state index contributed by atoms with van der Waals surface area (Å²) < 4.78 is 13.0. The molecule has 1 aliphatic rings. The minimum absolute atomic E-state index is 0.0404. The third-order valence-corrected chi connectivity index (χ3v) is 4.71. The van der Waals surface area contributed by atoms with Crippen molar-refractivity contribution in [1.82, 2.24) is 4.90 Å². The zero-order chi connectivity index (χ0) is 18.8. The Morgan fingerprint density at radius 3 is 2.31 bits per heavy atom. The number of piperazine rings is 1. The summed E-state index contributed by atoms with van der Waals surface area (Å²) in [6, 6.07) is 8.33. The number of amides is 1. The van der Waals surface area contributed by atoms with Crippen LogP contribution in [0.4, 0.5) is 15.8 Å². The molecule has 26 heavy (non-hydrogen) atoms. The normalized spacial score (nSPS) is 14.4. The van der Waals surface area contributed by atoms with Crippen LogP contribution in [0.25, 0.3) is 0 Å². The molecule has 0 bridgehead atoms. The Morgan fingerprint density at radius 1 is 1.15 bits per heavy atom. The standard InChI is InChI=1S/C18H17ClFN3O3/c1-12-10-15(23(25)26)11-16(19)17(12)21-6-8-22(9-7-21)18(24)13-2-4-14(20)5-3-13/h2-5,10-11H,6-9H2,1H3. The molecule has 1 amide bonds. The molecule has 8 heteroatoms. The summed E-state index contributed by atoms with van der Waals surface area (Å²) in [5.74, 6) is -0.522. The van der Waals surface area contributed by atoms with E-state index in [1.54, 1.807) is 11.8 Å². The first-order valence-electron chi connectivity index (χ1n) is 8.11. The van der Waals surface area contributed by atoms with Crippen molar-refractivity contribution in [1.29, 1.82) is 0 Å². The van der Waals surface area contributed by atoms with Gasteiger partial charge in [0.2, 0.25) is 0 Å². The highest BCUT2D eigenvalue weighted by Gasteiger charge is 2.25. The van der Waals surface area contributed by atoms with Crippen molar-refractivity contribution in [2.45, 2.75) is 6.92 Å². The van der Waals surface area contributed by atoms with E-state index < -0.39 is 4.92 Å². The molecule has 0 aliphatic carbocycles. The fourth-order valence-electron chi connectivity index (χ4n) is 3.13. The smallest absolute Gasteiger partial charge is 0.271 e. The maximum Gasteiger partial charge on any atom is 0.271 e. The lowest BCUT2D eigenvalue weighted by Crippen LogP contribution is -2.49. The molecule has 0 saturated carbocycles. The maximum atomic E-state index is 13.0. The number of hydrogen-bond donors (Lipinski definition) is 0. The Hall–Kier alpha value is -2.67. The van der Waals surface area contributed by atoms with Crippen LogP contribution >= 0.6 is 11.6 Å². The molecule has 0 unspecified atom stereocenters. The van der Waals surface area contributed by atoms with Crippen LogP contribution in [0.15, 0.2) is 36.4 Å². The fourth-order valence-corrected chi connectivity index (χ4v) is 3.51. The van der Waals surface area contributed by atoms with Gasteiger partial charge in [0.1, 0.15) is 5.82 Å². The molecule has 2 aromatic rings. The van der Waals surface area contributed by atoms with Crippen molar-refractivity contribution >= 4 is 28.9 Å². The molecule has 0 aromatic heterocycles. The van der Waals surface area contributed by atoms with Crippen LogP contribution in [0, 0.1) is 22.9 Å². The number of nitro groups is 1. The van der Waals surface area contributed by atoms with Gasteiger partial charge >= 0.3 is 0 Å². The van der Waals surface area contributed by atoms with Crippen LogP contribution in [-0.4, -0.2) is 41.9 Å². The number of carbonyl (C=O) groups excluding carboxylic acids is 1. The van der Waals surface area contributed by atoms with Crippen LogP contribution in [0.5, 0.6) is 0 Å². The number of rotatable bonds is 3. The third-order valence-electron chi connectivity index (χ3n) is 4.42. The average molecular weight is 378 g/mol. The van der Waals surface area contributed by atoms with E-state index in [-0.39, 0.29) is 17.4 Å². The molecule has 0 spiro atoms. The van der Waals surface area contributed by atoms with Gasteiger partial charge in [-0.3, -0.25) is 14.9 Å². The van der Waals surface area contributed by atoms with Crippen LogP contribution in [0.1, 0.15) is 15.9 Å². The van der Waals surface area contributed by atoms with Gasteiger partial charge in [-0.1, -0.05) is 11.6 Å². The van der Waals surface area contributed by atoms with Gasteiger partial charge in [-0.2, -0.15) is 0 Å². The summed E-state index contributed by atoms with van der Waals surface area (Å²) in [5, 5.41) is 11.3. The second-order valence-electron chi connectivity index (χ2n) is 6.14. The van der Waals surface area contributed by atoms with E-state index in [9.17, 15) is 19.3 Å². The first-order chi connectivity index (χ1) is 12.4. The van der Waals surface area contributed by atoms with Gasteiger partial charge in [0.25, 0.3) is 11.6 Å². The predicted molar refractivity (Wildman–Crippen MR) is 97.4 cm³/mol. The molecule has 0 N–H and O–H groups in total. The molecule has 136 valence electrons. The van der Waals surface area contributed by atoms with Gasteiger partial charge in [-0.25, -0.2) is 4.39 Å². The monoisotopic (exact) mass is 377 g/mol. The highest BCUT2D eigenvalue weighted by Crippen LogP contribution is 2.34. The Kier molecular flexibility index (Phi) is 5.08. The molecule has 2 aromatic carbocycles. The van der Waals surface area contributed by atoms with E-state index in [0.717, 1.165) is 11.3 Å². The highest BCUT2D eigenvalue weighted by atomic mass is 35.5. The summed E-state index contributed by atoms with van der Waals surface area (Å²) in [7, 11) is 0. The molecule has 1 heterocycles. The second kappa shape index (κ2) is 7.29. The maximum absolute atomic E-state index is 13.0. The summed E-state index contributed by atoms with van der Waals surface area (Å²) >= 11 is 6.26. The third kappa shape index (κ3) is 3.62. The predicted octanol–water partition coefficient (Wildman–Crippen LogP) is 3.66. The number of nitro benzene ring substituents is 1. The van der Waals surface area contributed by atoms with Crippen LogP contribution < -0.4 is 4.90 Å². The van der Waals surface area contributed by atoms with Crippen molar-refractivity contribution < 1.29 is 14.1 Å². The van der Waals surface area contributed by atoms with Crippen LogP contribution in [0.2, 0.25) is 5.02 Å². The SMILES string of the molecule is Cc1cc([N+](=O)[O-])cc(Cl)c1N1CCN(C(=O)c2ccc(F)cc2)CC1. The quantitative estimate of drug-likeness (QED) is 0.604. The van der Waals surface area contributed by atoms with E-state index in [1.165, 1.54) is 36.4 Å². The lowest BCUT2D eigenvalue weighted by Gasteiger charge is -2.37. The lowest BCUT2D eigenvalue weighted by molar-refractivity contribution is -0.384. The Labute approximate surface area is 154 Å². The van der Waals surface area contributed by atoms with E-state index in [2.05, 4.69) is 0 Å². The summed E-state index contributed by atoms with van der Waals surface area (Å²) in [6.45, 7) is 3.88. The Morgan fingerprint density at radius 2 is 1.77 bits per heavy atom. The summed E-state index contributed by atoms with van der Waals surface area (Å²) in [5.41, 5.74) is 1.89. The molecule has 1 saturated heterocycles. The summed E-state index contributed by atoms with van der Waals surface area (Å²) in [6.07, 6.45) is 0. The van der Waals surface area contributed by atoms with E-state index in [1.807, 2.05) is 4.90 Å². The molecule has 1 fully saturated rings. The fraction of sp³-hybridized carbons (Fsp3) is 0.278. The zero-order valence-corrected chi connectivity index (χ0v) is 14.9. The molecule has 0 atom stereocenters. The first kappa shape index (κ1) is 18.1. The Balaban J connectivity index is 1.72. The molecule has 0 radical (unpaired) electrons. The summed E-state index contributed by atoms with van der Waals surface area (Å²) in [4.78, 5) is 26.7. The van der Waals surface area contributed by atoms with Crippen molar-refractivity contribution in [3.63, 3.8) is 0 Å². The van der Waals surface area contributed by atoms with Gasteiger partial charge < -0.3 is 9.80 Å². The van der Waals surface area contributed by atoms with Crippen molar-refractivity contribution in [2.75, 3.05) is 31.1 Å². The first-order valence-corrected chi connectivity index (χ1v) is 8.49. The van der Waals surface area contributed by atoms with Gasteiger partial charge in [-0.05, 0) is 36.8 Å².